The Labute approximate surface area is 115 Å². The number of aromatic nitrogens is 1. The van der Waals surface area contributed by atoms with Crippen molar-refractivity contribution < 1.29 is 13.2 Å². The number of alkyl halides is 3. The van der Waals surface area contributed by atoms with E-state index >= 15 is 0 Å². The number of halogens is 3. The highest BCUT2D eigenvalue weighted by atomic mass is 19.4. The van der Waals surface area contributed by atoms with Gasteiger partial charge in [-0.2, -0.15) is 13.2 Å². The topological polar surface area (TPSA) is 38.9 Å². The molecular weight excluding hydrogens is 265 g/mol. The van der Waals surface area contributed by atoms with Crippen molar-refractivity contribution in [3.63, 3.8) is 0 Å². The van der Waals surface area contributed by atoms with Crippen molar-refractivity contribution in [3.8, 4) is 0 Å². The highest BCUT2D eigenvalue weighted by Gasteiger charge is 2.30. The zero-order chi connectivity index (χ0) is 14.9. The zero-order valence-electron chi connectivity index (χ0n) is 11.2. The van der Waals surface area contributed by atoms with E-state index in [9.17, 15) is 13.2 Å². The smallest absolute Gasteiger partial charge is 0.320 e. The lowest BCUT2D eigenvalue weighted by Crippen LogP contribution is -2.14. The molecule has 0 fully saturated rings. The van der Waals surface area contributed by atoms with Gasteiger partial charge in [-0.3, -0.25) is 4.98 Å². The van der Waals surface area contributed by atoms with Gasteiger partial charge in [-0.25, -0.2) is 0 Å². The van der Waals surface area contributed by atoms with Crippen LogP contribution in [0.5, 0.6) is 0 Å². The summed E-state index contributed by atoms with van der Waals surface area (Å²) in [5, 5.41) is 0. The third kappa shape index (κ3) is 3.17. The van der Waals surface area contributed by atoms with E-state index in [1.165, 1.54) is 6.07 Å². The number of pyridine rings is 1. The molecule has 1 unspecified atom stereocenters. The fourth-order valence-electron chi connectivity index (χ4n) is 2.15. The molecular formula is C15H15F3N2. The monoisotopic (exact) mass is 280 g/mol. The van der Waals surface area contributed by atoms with E-state index in [0.29, 0.717) is 5.56 Å². The van der Waals surface area contributed by atoms with E-state index in [2.05, 4.69) is 4.98 Å². The summed E-state index contributed by atoms with van der Waals surface area (Å²) in [6, 6.07) is 8.09. The van der Waals surface area contributed by atoms with Crippen LogP contribution in [-0.4, -0.2) is 4.98 Å². The summed E-state index contributed by atoms with van der Waals surface area (Å²) in [6.45, 7) is 3.66. The first-order valence-electron chi connectivity index (χ1n) is 6.15. The highest BCUT2D eigenvalue weighted by molar-refractivity contribution is 5.35. The second kappa shape index (κ2) is 5.25. The molecule has 0 amide bonds. The molecule has 0 aliphatic heterocycles. The van der Waals surface area contributed by atoms with Gasteiger partial charge in [-0.05, 0) is 49.2 Å². The normalized spacial score (nSPS) is 13.3. The lowest BCUT2D eigenvalue weighted by molar-refractivity contribution is -0.137. The maximum absolute atomic E-state index is 12.7. The van der Waals surface area contributed by atoms with E-state index in [4.69, 9.17) is 5.73 Å². The number of hydrogen-bond donors (Lipinski definition) is 1. The van der Waals surface area contributed by atoms with E-state index in [1.54, 1.807) is 18.2 Å². The Bertz CT molecular complexity index is 601. The van der Waals surface area contributed by atoms with Crippen LogP contribution in [0.1, 0.15) is 34.1 Å². The molecule has 1 atom stereocenters. The molecule has 2 N–H and O–H groups in total. The number of nitrogens with two attached hydrogens (primary N) is 1. The molecule has 2 rings (SSSR count). The molecule has 0 radical (unpaired) electrons. The van der Waals surface area contributed by atoms with Gasteiger partial charge in [-0.1, -0.05) is 12.1 Å². The molecule has 5 heteroatoms. The van der Waals surface area contributed by atoms with Crippen LogP contribution in [-0.2, 0) is 6.18 Å². The fraction of sp³-hybridized carbons (Fsp3) is 0.267. The number of aryl methyl sites for hydroxylation is 2. The van der Waals surface area contributed by atoms with E-state index in [1.807, 2.05) is 13.8 Å². The minimum Gasteiger partial charge on any atom is -0.320 e. The van der Waals surface area contributed by atoms with Crippen molar-refractivity contribution in [1.29, 1.82) is 0 Å². The van der Waals surface area contributed by atoms with Gasteiger partial charge >= 0.3 is 6.18 Å². The van der Waals surface area contributed by atoms with Crippen LogP contribution in [0.3, 0.4) is 0 Å². The van der Waals surface area contributed by atoms with E-state index in [0.717, 1.165) is 29.1 Å². The van der Waals surface area contributed by atoms with Gasteiger partial charge < -0.3 is 5.73 Å². The van der Waals surface area contributed by atoms with Crippen LogP contribution in [0.25, 0.3) is 0 Å². The van der Waals surface area contributed by atoms with Gasteiger partial charge in [0.1, 0.15) is 0 Å². The van der Waals surface area contributed by atoms with Crippen molar-refractivity contribution in [2.75, 3.05) is 0 Å². The van der Waals surface area contributed by atoms with Crippen LogP contribution in [0.15, 0.2) is 36.4 Å². The molecule has 0 aliphatic carbocycles. The van der Waals surface area contributed by atoms with Gasteiger partial charge in [0.2, 0.25) is 0 Å². The molecule has 1 aromatic heterocycles. The predicted molar refractivity (Wildman–Crippen MR) is 71.2 cm³/mol. The van der Waals surface area contributed by atoms with Gasteiger partial charge in [0, 0.05) is 11.4 Å². The minimum atomic E-state index is -4.36. The first kappa shape index (κ1) is 14.5. The van der Waals surface area contributed by atoms with Gasteiger partial charge in [0.05, 0.1) is 11.6 Å². The summed E-state index contributed by atoms with van der Waals surface area (Å²) in [7, 11) is 0. The first-order valence-corrected chi connectivity index (χ1v) is 6.15. The average molecular weight is 280 g/mol. The largest absolute Gasteiger partial charge is 0.416 e. The molecule has 2 nitrogen and oxygen atoms in total. The molecule has 20 heavy (non-hydrogen) atoms. The maximum Gasteiger partial charge on any atom is 0.416 e. The molecule has 0 aliphatic rings. The third-order valence-corrected chi connectivity index (χ3v) is 3.04. The number of rotatable bonds is 2. The molecule has 106 valence electrons. The second-order valence-electron chi connectivity index (χ2n) is 4.78. The van der Waals surface area contributed by atoms with Crippen molar-refractivity contribution >= 4 is 0 Å². The van der Waals surface area contributed by atoms with Gasteiger partial charge in [-0.15, -0.1) is 0 Å². The summed E-state index contributed by atoms with van der Waals surface area (Å²) in [6.07, 6.45) is -4.36. The molecule has 0 spiro atoms. The standard InChI is InChI=1S/C15H15F3N2/c1-9-6-12(7-10(2)20-9)14(19)11-4-3-5-13(8-11)15(16,17)18/h3-8,14H,19H2,1-2H3. The zero-order valence-corrected chi connectivity index (χ0v) is 11.2. The molecule has 0 bridgehead atoms. The minimum absolute atomic E-state index is 0.435. The summed E-state index contributed by atoms with van der Waals surface area (Å²) >= 11 is 0. The van der Waals surface area contributed by atoms with E-state index in [-0.39, 0.29) is 0 Å². The number of benzene rings is 1. The summed E-state index contributed by atoms with van der Waals surface area (Å²) in [5.41, 5.74) is 8.17. The van der Waals surface area contributed by atoms with Crippen LogP contribution in [0.4, 0.5) is 13.2 Å². The maximum atomic E-state index is 12.7. The second-order valence-corrected chi connectivity index (χ2v) is 4.78. The Balaban J connectivity index is 2.40. The van der Waals surface area contributed by atoms with Crippen molar-refractivity contribution in [2.24, 2.45) is 5.73 Å². The third-order valence-electron chi connectivity index (χ3n) is 3.04. The average Bonchev–Trinajstić information content (AvgIpc) is 2.36. The van der Waals surface area contributed by atoms with Crippen LogP contribution in [0, 0.1) is 13.8 Å². The van der Waals surface area contributed by atoms with Gasteiger partial charge in [0.25, 0.3) is 0 Å². The Hall–Kier alpha value is -1.88. The Morgan fingerprint density at radius 2 is 1.60 bits per heavy atom. The lowest BCUT2D eigenvalue weighted by Gasteiger charge is -2.16. The van der Waals surface area contributed by atoms with Crippen LogP contribution >= 0.6 is 0 Å². The first-order chi connectivity index (χ1) is 9.27. The Morgan fingerprint density at radius 1 is 1.00 bits per heavy atom. The summed E-state index contributed by atoms with van der Waals surface area (Å²) < 4.78 is 38.1. The lowest BCUT2D eigenvalue weighted by atomic mass is 9.97. The Kier molecular flexibility index (Phi) is 3.81. The quantitative estimate of drug-likeness (QED) is 0.909. The number of nitrogens with zero attached hydrogens (tertiary/aromatic N) is 1. The molecule has 2 aromatic rings. The fourth-order valence-corrected chi connectivity index (χ4v) is 2.15. The predicted octanol–water partition coefficient (Wildman–Crippen LogP) is 3.77. The SMILES string of the molecule is Cc1cc(C(N)c2cccc(C(F)(F)F)c2)cc(C)n1. The molecule has 0 saturated carbocycles. The van der Waals surface area contributed by atoms with Crippen LogP contribution in [0.2, 0.25) is 0 Å². The summed E-state index contributed by atoms with van der Waals surface area (Å²) in [4.78, 5) is 4.23. The summed E-state index contributed by atoms with van der Waals surface area (Å²) in [5.74, 6) is 0. The van der Waals surface area contributed by atoms with Gasteiger partial charge in [0.15, 0.2) is 0 Å². The van der Waals surface area contributed by atoms with E-state index < -0.39 is 17.8 Å². The van der Waals surface area contributed by atoms with Crippen molar-refractivity contribution in [1.82, 2.24) is 4.98 Å². The molecule has 1 heterocycles. The Morgan fingerprint density at radius 3 is 2.15 bits per heavy atom. The molecule has 0 saturated heterocycles. The van der Waals surface area contributed by atoms with Crippen molar-refractivity contribution in [2.45, 2.75) is 26.1 Å². The highest BCUT2D eigenvalue weighted by Crippen LogP contribution is 2.31. The number of hydrogen-bond acceptors (Lipinski definition) is 2. The van der Waals surface area contributed by atoms with Crippen LogP contribution < -0.4 is 5.73 Å². The molecule has 1 aromatic carbocycles. The van der Waals surface area contributed by atoms with Crippen molar-refractivity contribution in [3.05, 3.63) is 64.5 Å².